The van der Waals surface area contributed by atoms with Crippen LogP contribution >= 0.6 is 11.9 Å². The van der Waals surface area contributed by atoms with E-state index in [1.807, 2.05) is 0 Å². The van der Waals surface area contributed by atoms with Crippen molar-refractivity contribution in [2.24, 2.45) is 0 Å². The molecule has 1 aliphatic carbocycles. The molecule has 0 spiro atoms. The second kappa shape index (κ2) is 3.60. The summed E-state index contributed by atoms with van der Waals surface area (Å²) in [5.41, 5.74) is 0. The summed E-state index contributed by atoms with van der Waals surface area (Å²) in [6.07, 6.45) is 9.02. The zero-order chi connectivity index (χ0) is 9.26. The maximum Gasteiger partial charge on any atom is 0.0480 e. The molecule has 0 bridgehead atoms. The van der Waals surface area contributed by atoms with E-state index in [9.17, 15) is 0 Å². The largest absolute Gasteiger partial charge is 0.360 e. The molecule has 1 heterocycles. The minimum Gasteiger partial charge on any atom is -0.360 e. The van der Waals surface area contributed by atoms with E-state index in [0.717, 1.165) is 0 Å². The lowest BCUT2D eigenvalue weighted by Gasteiger charge is -2.06. The van der Waals surface area contributed by atoms with Gasteiger partial charge in [0.1, 0.15) is 0 Å². The first-order chi connectivity index (χ1) is 6.27. The molecule has 2 nitrogen and oxygen atoms in total. The maximum atomic E-state index is 3.30. The second-order valence-corrected chi connectivity index (χ2v) is 4.72. The number of H-pyrrole nitrogens is 1. The molecule has 1 aromatic rings. The first kappa shape index (κ1) is 8.91. The molecule has 3 heteroatoms. The molecule has 1 N–H and O–H groups in total. The van der Waals surface area contributed by atoms with Gasteiger partial charge in [-0.2, -0.15) is 0 Å². The average molecular weight is 194 g/mol. The van der Waals surface area contributed by atoms with Gasteiger partial charge in [-0.05, 0) is 38.9 Å². The quantitative estimate of drug-likeness (QED) is 0.707. The normalized spacial score (nSPS) is 15.0. The van der Waals surface area contributed by atoms with Gasteiger partial charge in [-0.3, -0.25) is 4.31 Å². The number of nitrogens with one attached hydrogen (secondary N) is 1. The zero-order valence-corrected chi connectivity index (χ0v) is 8.82. The van der Waals surface area contributed by atoms with Gasteiger partial charge in [0.05, 0.1) is 0 Å². The molecule has 0 fully saturated rings. The third-order valence-corrected chi connectivity index (χ3v) is 2.96. The summed E-state index contributed by atoms with van der Waals surface area (Å²) in [4.78, 5) is 4.63. The van der Waals surface area contributed by atoms with E-state index < -0.39 is 0 Å². The summed E-state index contributed by atoms with van der Waals surface area (Å²) in [7, 11) is 4.13. The fourth-order valence-electron chi connectivity index (χ4n) is 1.54. The van der Waals surface area contributed by atoms with Crippen LogP contribution < -0.4 is 10.6 Å². The van der Waals surface area contributed by atoms with E-state index in [-0.39, 0.29) is 0 Å². The number of nitrogens with zero attached hydrogens (tertiary/aromatic N) is 1. The third-order valence-electron chi connectivity index (χ3n) is 2.06. The van der Waals surface area contributed by atoms with Crippen molar-refractivity contribution in [1.29, 1.82) is 0 Å². The lowest BCUT2D eigenvalue weighted by Crippen LogP contribution is -2.26. The van der Waals surface area contributed by atoms with Crippen molar-refractivity contribution in [3.8, 4) is 0 Å². The Morgan fingerprint density at radius 2 is 2.08 bits per heavy atom. The van der Waals surface area contributed by atoms with E-state index in [2.05, 4.69) is 41.7 Å². The first-order valence-electron chi connectivity index (χ1n) is 4.50. The van der Waals surface area contributed by atoms with Crippen LogP contribution in [0.2, 0.25) is 0 Å². The smallest absolute Gasteiger partial charge is 0.0480 e. The Kier molecular flexibility index (Phi) is 2.47. The van der Waals surface area contributed by atoms with Gasteiger partial charge in [0.15, 0.2) is 0 Å². The van der Waals surface area contributed by atoms with Crippen LogP contribution in [-0.4, -0.2) is 23.4 Å². The molecule has 0 amide bonds. The van der Waals surface area contributed by atoms with E-state index in [1.165, 1.54) is 28.3 Å². The number of hydrogen-bond donors (Lipinski definition) is 1. The van der Waals surface area contributed by atoms with Crippen LogP contribution in [0.25, 0.3) is 12.2 Å². The lowest BCUT2D eigenvalue weighted by atomic mass is 10.2. The van der Waals surface area contributed by atoms with Gasteiger partial charge in [0.25, 0.3) is 0 Å². The van der Waals surface area contributed by atoms with Crippen LogP contribution in [0.1, 0.15) is 12.8 Å². The highest BCUT2D eigenvalue weighted by molar-refractivity contribution is 7.97. The van der Waals surface area contributed by atoms with Gasteiger partial charge in [0, 0.05) is 21.7 Å². The van der Waals surface area contributed by atoms with Crippen molar-refractivity contribution >= 4 is 24.1 Å². The Bertz CT molecular complexity index is 403. The molecule has 13 heavy (non-hydrogen) atoms. The molecule has 1 aliphatic rings. The van der Waals surface area contributed by atoms with Crippen LogP contribution in [0, 0.1) is 0 Å². The summed E-state index contributed by atoms with van der Waals surface area (Å²) in [5, 5.41) is 2.67. The van der Waals surface area contributed by atoms with E-state index in [1.54, 1.807) is 11.9 Å². The molecule has 0 aliphatic heterocycles. The topological polar surface area (TPSA) is 19.0 Å². The highest BCUT2D eigenvalue weighted by atomic mass is 32.2. The van der Waals surface area contributed by atoms with Crippen molar-refractivity contribution in [1.82, 2.24) is 9.29 Å². The predicted molar refractivity (Wildman–Crippen MR) is 57.8 cm³/mol. The Labute approximate surface area is 82.5 Å². The number of rotatable bonds is 2. The Balaban J connectivity index is 2.44. The van der Waals surface area contributed by atoms with Crippen LogP contribution in [0.5, 0.6) is 0 Å². The zero-order valence-electron chi connectivity index (χ0n) is 8.00. The molecule has 0 atom stereocenters. The van der Waals surface area contributed by atoms with Crippen LogP contribution in [-0.2, 0) is 0 Å². The van der Waals surface area contributed by atoms with Gasteiger partial charge in [-0.1, -0.05) is 12.2 Å². The Morgan fingerprint density at radius 3 is 2.85 bits per heavy atom. The summed E-state index contributed by atoms with van der Waals surface area (Å²) >= 11 is 1.77. The molecule has 70 valence electrons. The number of fused-ring (bicyclic) bond motifs is 1. The van der Waals surface area contributed by atoms with Gasteiger partial charge >= 0.3 is 0 Å². The van der Waals surface area contributed by atoms with Gasteiger partial charge < -0.3 is 4.98 Å². The first-order valence-corrected chi connectivity index (χ1v) is 5.28. The Hall–Kier alpha value is -0.670. The second-order valence-electron chi connectivity index (χ2n) is 3.37. The average Bonchev–Trinajstić information content (AvgIpc) is 2.48. The molecular weight excluding hydrogens is 180 g/mol. The number of aromatic nitrogens is 1. The number of hydrogen-bond acceptors (Lipinski definition) is 2. The van der Waals surface area contributed by atoms with Crippen LogP contribution in [0.15, 0.2) is 11.1 Å². The van der Waals surface area contributed by atoms with Crippen molar-refractivity contribution in [2.75, 3.05) is 14.1 Å². The summed E-state index contributed by atoms with van der Waals surface area (Å²) in [5.74, 6) is 0. The molecule has 0 saturated carbocycles. The fraction of sp³-hybridized carbons (Fsp3) is 0.400. The van der Waals surface area contributed by atoms with Gasteiger partial charge in [-0.25, -0.2) is 0 Å². The SMILES string of the molecule is CN(C)Sc1c[nH]c2c1=CCCC=2. The van der Waals surface area contributed by atoms with E-state index in [4.69, 9.17) is 0 Å². The monoisotopic (exact) mass is 194 g/mol. The minimum absolute atomic E-state index is 1.17. The van der Waals surface area contributed by atoms with Crippen molar-refractivity contribution in [3.63, 3.8) is 0 Å². The summed E-state index contributed by atoms with van der Waals surface area (Å²) < 4.78 is 2.12. The summed E-state index contributed by atoms with van der Waals surface area (Å²) in [6.45, 7) is 0. The molecule has 0 saturated heterocycles. The van der Waals surface area contributed by atoms with Crippen molar-refractivity contribution < 1.29 is 0 Å². The summed E-state index contributed by atoms with van der Waals surface area (Å²) in [6, 6.07) is 0. The highest BCUT2D eigenvalue weighted by Gasteiger charge is 2.03. The van der Waals surface area contributed by atoms with Crippen molar-refractivity contribution in [2.45, 2.75) is 17.7 Å². The molecule has 2 rings (SSSR count). The molecule has 0 radical (unpaired) electrons. The van der Waals surface area contributed by atoms with E-state index in [0.29, 0.717) is 0 Å². The van der Waals surface area contributed by atoms with Crippen LogP contribution in [0.3, 0.4) is 0 Å². The molecule has 1 aromatic heterocycles. The lowest BCUT2D eigenvalue weighted by molar-refractivity contribution is 0.702. The molecular formula is C10H14N2S. The predicted octanol–water partition coefficient (Wildman–Crippen LogP) is 0.938. The Morgan fingerprint density at radius 1 is 1.31 bits per heavy atom. The van der Waals surface area contributed by atoms with Gasteiger partial charge in [-0.15, -0.1) is 0 Å². The van der Waals surface area contributed by atoms with Crippen molar-refractivity contribution in [3.05, 3.63) is 16.8 Å². The highest BCUT2D eigenvalue weighted by Crippen LogP contribution is 2.14. The minimum atomic E-state index is 1.17. The fourth-order valence-corrected chi connectivity index (χ4v) is 2.34. The maximum absolute atomic E-state index is 3.30. The number of aromatic amines is 1. The third kappa shape index (κ3) is 1.81. The van der Waals surface area contributed by atoms with E-state index >= 15 is 0 Å². The van der Waals surface area contributed by atoms with Crippen LogP contribution in [0.4, 0.5) is 0 Å². The standard InChI is InChI=1S/C10H14N2S/c1-12(2)13-10-7-11-9-6-4-3-5-8(9)10/h5-7,11H,3-4H2,1-2H3. The molecule has 0 unspecified atom stereocenters. The molecule has 0 aromatic carbocycles. The van der Waals surface area contributed by atoms with Gasteiger partial charge in [0.2, 0.25) is 0 Å².